The van der Waals surface area contributed by atoms with Crippen molar-refractivity contribution in [2.45, 2.75) is 38.5 Å². The highest BCUT2D eigenvalue weighted by Crippen LogP contribution is 2.44. The highest BCUT2D eigenvalue weighted by atomic mass is 14.7. The summed E-state index contributed by atoms with van der Waals surface area (Å²) in [6.07, 6.45) is 12.9. The molecule has 236 valence electrons. The molecule has 2 aromatic heterocycles. The predicted octanol–water partition coefficient (Wildman–Crippen LogP) is 10.2. The van der Waals surface area contributed by atoms with Crippen molar-refractivity contribution in [2.75, 3.05) is 0 Å². The minimum atomic E-state index is 0.426. The van der Waals surface area contributed by atoms with Crippen LogP contribution in [0.3, 0.4) is 0 Å². The number of nitrogens with zero attached hydrogens (tertiary/aromatic N) is 2. The molecule has 2 heteroatoms. The van der Waals surface area contributed by atoms with Crippen molar-refractivity contribution < 1.29 is 0 Å². The second-order valence-corrected chi connectivity index (χ2v) is 13.7. The molecule has 0 spiro atoms. The second-order valence-electron chi connectivity index (χ2n) is 13.7. The largest absolute Gasteiger partial charge is 0.256 e. The Kier molecular flexibility index (Phi) is 7.50. The number of rotatable bonds is 5. The molecule has 2 aliphatic rings. The molecule has 2 nitrogen and oxygen atoms in total. The minimum absolute atomic E-state index is 0.426. The standard InChI is InChI=1S/C47H38N2/c1-31-29-42-43(30-41(31)38-16-10-12-32-11-2-3-13-37(32)38)47(36-25-21-34(22-26-36)45-18-7-9-28-49-45)40-15-5-4-14-39(40)46(42)35-23-19-33(20-24-35)44-17-6-8-27-48-44/h2-3,6-28,31,41H,4-5,29-30H2,1H3. The van der Waals surface area contributed by atoms with Crippen molar-refractivity contribution >= 4 is 22.9 Å². The van der Waals surface area contributed by atoms with Gasteiger partial charge in [-0.15, -0.1) is 0 Å². The molecular weight excluding hydrogens is 593 g/mol. The van der Waals surface area contributed by atoms with Crippen molar-refractivity contribution in [3.05, 3.63) is 167 Å². The smallest absolute Gasteiger partial charge is 0.0701 e. The molecule has 7 aromatic rings. The number of hydrogen-bond donors (Lipinski definition) is 0. The first-order valence-corrected chi connectivity index (χ1v) is 17.6. The average Bonchev–Trinajstić information content (AvgIpc) is 3.17. The lowest BCUT2D eigenvalue weighted by atomic mass is 9.68. The summed E-state index contributed by atoms with van der Waals surface area (Å²) in [5.74, 6) is 0.921. The number of benzene rings is 5. The van der Waals surface area contributed by atoms with Gasteiger partial charge in [0.1, 0.15) is 0 Å². The van der Waals surface area contributed by atoms with Crippen LogP contribution in [0.1, 0.15) is 42.4 Å². The minimum Gasteiger partial charge on any atom is -0.256 e. The molecular formula is C47H38N2. The second kappa shape index (κ2) is 12.5. The normalized spacial score (nSPS) is 16.7. The lowest BCUT2D eigenvalue weighted by Gasteiger charge is -2.36. The molecule has 0 aliphatic heterocycles. The van der Waals surface area contributed by atoms with Crippen molar-refractivity contribution in [3.63, 3.8) is 0 Å². The van der Waals surface area contributed by atoms with Crippen LogP contribution in [-0.2, 0) is 12.8 Å². The van der Waals surface area contributed by atoms with Crippen LogP contribution in [0.15, 0.2) is 140 Å². The van der Waals surface area contributed by atoms with Gasteiger partial charge in [-0.25, -0.2) is 0 Å². The highest BCUT2D eigenvalue weighted by Gasteiger charge is 2.33. The molecule has 0 saturated carbocycles. The van der Waals surface area contributed by atoms with Gasteiger partial charge in [0.15, 0.2) is 0 Å². The molecule has 2 aliphatic carbocycles. The molecule has 2 unspecified atom stereocenters. The molecule has 2 heterocycles. The van der Waals surface area contributed by atoms with E-state index in [9.17, 15) is 0 Å². The molecule has 0 amide bonds. The third-order valence-corrected chi connectivity index (χ3v) is 10.8. The summed E-state index contributed by atoms with van der Waals surface area (Å²) in [5, 5.41) is 5.50. The fraction of sp³-hybridized carbons (Fsp3) is 0.149. The quantitative estimate of drug-likeness (QED) is 0.189. The van der Waals surface area contributed by atoms with E-state index in [2.05, 4.69) is 144 Å². The van der Waals surface area contributed by atoms with Crippen LogP contribution in [0.2, 0.25) is 0 Å². The molecule has 5 aromatic carbocycles. The van der Waals surface area contributed by atoms with Crippen LogP contribution in [0.25, 0.3) is 67.7 Å². The van der Waals surface area contributed by atoms with Gasteiger partial charge in [-0.3, -0.25) is 9.97 Å². The van der Waals surface area contributed by atoms with E-state index in [1.807, 2.05) is 24.5 Å². The molecule has 0 bridgehead atoms. The van der Waals surface area contributed by atoms with Crippen LogP contribution in [0.4, 0.5) is 0 Å². The van der Waals surface area contributed by atoms with Gasteiger partial charge in [0, 0.05) is 23.5 Å². The summed E-state index contributed by atoms with van der Waals surface area (Å²) in [6.45, 7) is 2.47. The van der Waals surface area contributed by atoms with Crippen LogP contribution in [0, 0.1) is 5.92 Å². The van der Waals surface area contributed by atoms with E-state index >= 15 is 0 Å². The number of aromatic nitrogens is 2. The Morgan fingerprint density at radius 2 is 1.00 bits per heavy atom. The van der Waals surface area contributed by atoms with Gasteiger partial charge in [-0.2, -0.15) is 0 Å². The van der Waals surface area contributed by atoms with Gasteiger partial charge < -0.3 is 0 Å². The molecule has 49 heavy (non-hydrogen) atoms. The van der Waals surface area contributed by atoms with Gasteiger partial charge >= 0.3 is 0 Å². The summed E-state index contributed by atoms with van der Waals surface area (Å²) < 4.78 is 0. The molecule has 9 rings (SSSR count). The maximum absolute atomic E-state index is 4.62. The summed E-state index contributed by atoms with van der Waals surface area (Å²) in [5.41, 5.74) is 14.2. The third-order valence-electron chi connectivity index (χ3n) is 10.8. The fourth-order valence-electron chi connectivity index (χ4n) is 8.44. The SMILES string of the molecule is CC1Cc2c(c(-c3ccc(-c4ccccn4)cc3)c3c(c2-c2ccc(-c4ccccn4)cc2)=CCCC=3)CC1c1cccc2ccccc12. The zero-order valence-corrected chi connectivity index (χ0v) is 27.8. The summed E-state index contributed by atoms with van der Waals surface area (Å²) in [7, 11) is 0. The summed E-state index contributed by atoms with van der Waals surface area (Å²) in [6, 6.07) is 46.3. The van der Waals surface area contributed by atoms with Crippen molar-refractivity contribution in [1.82, 2.24) is 9.97 Å². The zero-order chi connectivity index (χ0) is 32.7. The molecule has 0 fully saturated rings. The van der Waals surface area contributed by atoms with E-state index in [1.54, 1.807) is 0 Å². The Morgan fingerprint density at radius 1 is 0.490 bits per heavy atom. The highest BCUT2D eigenvalue weighted by molar-refractivity contribution is 5.87. The lowest BCUT2D eigenvalue weighted by Crippen LogP contribution is -2.36. The Hall–Kier alpha value is -5.60. The van der Waals surface area contributed by atoms with Crippen molar-refractivity contribution in [2.24, 2.45) is 5.92 Å². The van der Waals surface area contributed by atoms with E-state index in [1.165, 1.54) is 60.2 Å². The van der Waals surface area contributed by atoms with Crippen molar-refractivity contribution in [3.8, 4) is 44.8 Å². The van der Waals surface area contributed by atoms with Gasteiger partial charge in [-0.1, -0.05) is 122 Å². The summed E-state index contributed by atoms with van der Waals surface area (Å²) >= 11 is 0. The Labute approximate surface area is 288 Å². The number of pyridine rings is 2. The molecule has 0 saturated heterocycles. The first-order valence-electron chi connectivity index (χ1n) is 17.6. The van der Waals surface area contributed by atoms with Crippen LogP contribution >= 0.6 is 0 Å². The molecule has 0 N–H and O–H groups in total. The lowest BCUT2D eigenvalue weighted by molar-refractivity contribution is 0.431. The van der Waals surface area contributed by atoms with E-state index < -0.39 is 0 Å². The van der Waals surface area contributed by atoms with E-state index in [0.29, 0.717) is 11.8 Å². The predicted molar refractivity (Wildman–Crippen MR) is 204 cm³/mol. The van der Waals surface area contributed by atoms with Crippen LogP contribution in [0.5, 0.6) is 0 Å². The van der Waals surface area contributed by atoms with E-state index in [0.717, 1.165) is 48.2 Å². The van der Waals surface area contributed by atoms with Gasteiger partial charge in [0.25, 0.3) is 0 Å². The Balaban J connectivity index is 1.26. The zero-order valence-electron chi connectivity index (χ0n) is 27.8. The van der Waals surface area contributed by atoms with Crippen LogP contribution in [-0.4, -0.2) is 9.97 Å². The fourth-order valence-corrected chi connectivity index (χ4v) is 8.44. The number of hydrogen-bond acceptors (Lipinski definition) is 2. The van der Waals surface area contributed by atoms with Crippen molar-refractivity contribution in [1.29, 1.82) is 0 Å². The summed E-state index contributed by atoms with van der Waals surface area (Å²) in [4.78, 5) is 9.24. The first kappa shape index (κ1) is 29.5. The van der Waals surface area contributed by atoms with Gasteiger partial charge in [0.2, 0.25) is 0 Å². The Morgan fingerprint density at radius 3 is 1.57 bits per heavy atom. The number of fused-ring (bicyclic) bond motifs is 3. The molecule has 2 atom stereocenters. The third kappa shape index (κ3) is 5.29. The van der Waals surface area contributed by atoms with Gasteiger partial charge in [0.05, 0.1) is 11.4 Å². The van der Waals surface area contributed by atoms with Crippen LogP contribution < -0.4 is 10.4 Å². The van der Waals surface area contributed by atoms with E-state index in [-0.39, 0.29) is 0 Å². The van der Waals surface area contributed by atoms with E-state index in [4.69, 9.17) is 0 Å². The maximum atomic E-state index is 4.62. The topological polar surface area (TPSA) is 25.8 Å². The molecule has 0 radical (unpaired) electrons. The Bertz CT molecular complexity index is 2420. The average molecular weight is 631 g/mol. The first-order chi connectivity index (χ1) is 24.2. The maximum Gasteiger partial charge on any atom is 0.0701 e. The monoisotopic (exact) mass is 630 g/mol. The van der Waals surface area contributed by atoms with Gasteiger partial charge in [-0.05, 0) is 122 Å².